The van der Waals surface area contributed by atoms with E-state index >= 15 is 0 Å². The minimum absolute atomic E-state index is 0.276. The SMILES string of the molecule is CNC(c1cnn(C)c1)c1c(F)c(F)c(F)c(F)c1F. The highest BCUT2D eigenvalue weighted by Gasteiger charge is 2.31. The fourth-order valence-corrected chi connectivity index (χ4v) is 1.94. The first-order valence-corrected chi connectivity index (χ1v) is 5.55. The zero-order valence-electron chi connectivity index (χ0n) is 10.5. The van der Waals surface area contributed by atoms with E-state index in [0.29, 0.717) is 0 Å². The van der Waals surface area contributed by atoms with E-state index in [2.05, 4.69) is 10.4 Å². The lowest BCUT2D eigenvalue weighted by molar-refractivity contribution is 0.364. The summed E-state index contributed by atoms with van der Waals surface area (Å²) >= 11 is 0. The predicted molar refractivity (Wildman–Crippen MR) is 60.3 cm³/mol. The largest absolute Gasteiger partial charge is 0.309 e. The van der Waals surface area contributed by atoms with Crippen LogP contribution in [0.5, 0.6) is 0 Å². The van der Waals surface area contributed by atoms with Gasteiger partial charge in [0.25, 0.3) is 0 Å². The topological polar surface area (TPSA) is 29.9 Å². The molecule has 20 heavy (non-hydrogen) atoms. The summed E-state index contributed by atoms with van der Waals surface area (Å²) in [4.78, 5) is 0. The van der Waals surface area contributed by atoms with E-state index in [1.807, 2.05) is 0 Å². The fraction of sp³-hybridized carbons (Fsp3) is 0.250. The van der Waals surface area contributed by atoms with Crippen LogP contribution in [-0.4, -0.2) is 16.8 Å². The summed E-state index contributed by atoms with van der Waals surface area (Å²) in [5, 5.41) is 6.32. The van der Waals surface area contributed by atoms with Gasteiger partial charge in [0.05, 0.1) is 17.8 Å². The zero-order chi connectivity index (χ0) is 15.0. The van der Waals surface area contributed by atoms with E-state index in [-0.39, 0.29) is 5.56 Å². The molecule has 0 saturated heterocycles. The molecule has 0 aliphatic heterocycles. The lowest BCUT2D eigenvalue weighted by Gasteiger charge is -2.17. The van der Waals surface area contributed by atoms with Crippen LogP contribution in [-0.2, 0) is 7.05 Å². The summed E-state index contributed by atoms with van der Waals surface area (Å²) in [6.45, 7) is 0. The average molecular weight is 291 g/mol. The van der Waals surface area contributed by atoms with E-state index in [1.54, 1.807) is 7.05 Å². The van der Waals surface area contributed by atoms with E-state index in [4.69, 9.17) is 0 Å². The van der Waals surface area contributed by atoms with Gasteiger partial charge in [0.1, 0.15) is 0 Å². The molecule has 0 saturated carbocycles. The van der Waals surface area contributed by atoms with E-state index in [9.17, 15) is 22.0 Å². The van der Waals surface area contributed by atoms with Crippen LogP contribution in [0.25, 0.3) is 0 Å². The van der Waals surface area contributed by atoms with Crippen molar-refractivity contribution in [3.8, 4) is 0 Å². The van der Waals surface area contributed by atoms with Gasteiger partial charge in [0.2, 0.25) is 5.82 Å². The average Bonchev–Trinajstić information content (AvgIpc) is 2.85. The minimum Gasteiger partial charge on any atom is -0.309 e. The van der Waals surface area contributed by atoms with Crippen molar-refractivity contribution in [2.24, 2.45) is 7.05 Å². The smallest absolute Gasteiger partial charge is 0.200 e. The second kappa shape index (κ2) is 5.20. The maximum absolute atomic E-state index is 13.7. The third-order valence-electron chi connectivity index (χ3n) is 2.88. The Morgan fingerprint density at radius 3 is 1.90 bits per heavy atom. The fourth-order valence-electron chi connectivity index (χ4n) is 1.94. The quantitative estimate of drug-likeness (QED) is 0.535. The summed E-state index contributed by atoms with van der Waals surface area (Å²) in [5.41, 5.74) is -0.657. The van der Waals surface area contributed by atoms with Gasteiger partial charge in [-0.05, 0) is 7.05 Å². The molecule has 0 aliphatic carbocycles. The lowest BCUT2D eigenvalue weighted by atomic mass is 9.99. The molecule has 0 radical (unpaired) electrons. The summed E-state index contributed by atoms with van der Waals surface area (Å²) in [6, 6.07) is -1.20. The maximum Gasteiger partial charge on any atom is 0.200 e. The molecule has 108 valence electrons. The molecule has 0 bridgehead atoms. The van der Waals surface area contributed by atoms with Crippen molar-refractivity contribution in [2.75, 3.05) is 7.05 Å². The molecular formula is C12H10F5N3. The molecule has 0 amide bonds. The van der Waals surface area contributed by atoms with Crippen LogP contribution in [0, 0.1) is 29.1 Å². The van der Waals surface area contributed by atoms with Gasteiger partial charge in [0, 0.05) is 18.8 Å². The molecule has 1 N–H and O–H groups in total. The summed E-state index contributed by atoms with van der Waals surface area (Å²) in [5.74, 6) is -9.83. The molecule has 0 aliphatic rings. The Labute approximate surface area is 111 Å². The monoisotopic (exact) mass is 291 g/mol. The number of benzene rings is 1. The lowest BCUT2D eigenvalue weighted by Crippen LogP contribution is -2.22. The number of hydrogen-bond donors (Lipinski definition) is 1. The van der Waals surface area contributed by atoms with Crippen LogP contribution < -0.4 is 5.32 Å². The van der Waals surface area contributed by atoms with Crippen molar-refractivity contribution in [1.82, 2.24) is 15.1 Å². The van der Waals surface area contributed by atoms with E-state index in [0.717, 1.165) is 0 Å². The van der Waals surface area contributed by atoms with Gasteiger partial charge in [0.15, 0.2) is 23.3 Å². The van der Waals surface area contributed by atoms with Crippen molar-refractivity contribution < 1.29 is 22.0 Å². The first-order valence-electron chi connectivity index (χ1n) is 5.55. The Morgan fingerprint density at radius 1 is 1.00 bits per heavy atom. The second-order valence-corrected chi connectivity index (χ2v) is 4.15. The molecule has 2 aromatic rings. The molecule has 1 heterocycles. The van der Waals surface area contributed by atoms with Gasteiger partial charge >= 0.3 is 0 Å². The van der Waals surface area contributed by atoms with Gasteiger partial charge in [-0.2, -0.15) is 5.10 Å². The summed E-state index contributed by atoms with van der Waals surface area (Å²) < 4.78 is 68.3. The minimum atomic E-state index is -2.18. The van der Waals surface area contributed by atoms with Crippen molar-refractivity contribution in [3.63, 3.8) is 0 Å². The molecule has 3 nitrogen and oxygen atoms in total. The third-order valence-corrected chi connectivity index (χ3v) is 2.88. The van der Waals surface area contributed by atoms with Crippen LogP contribution in [0.1, 0.15) is 17.2 Å². The number of nitrogens with one attached hydrogen (secondary N) is 1. The van der Waals surface area contributed by atoms with Crippen LogP contribution in [0.3, 0.4) is 0 Å². The Morgan fingerprint density at radius 2 is 1.50 bits per heavy atom. The highest BCUT2D eigenvalue weighted by Crippen LogP contribution is 2.31. The standard InChI is InChI=1S/C12H10F5N3/c1-18-12(5-3-19-20(2)4-5)6-7(13)9(15)11(17)10(16)8(6)14/h3-4,12,18H,1-2H3. The number of aryl methyl sites for hydroxylation is 1. The first kappa shape index (κ1) is 14.4. The number of hydrogen-bond acceptors (Lipinski definition) is 2. The molecule has 1 aromatic carbocycles. The molecule has 8 heteroatoms. The van der Waals surface area contributed by atoms with E-state index < -0.39 is 40.7 Å². The maximum atomic E-state index is 13.7. The number of nitrogens with zero attached hydrogens (tertiary/aromatic N) is 2. The van der Waals surface area contributed by atoms with Crippen LogP contribution in [0.15, 0.2) is 12.4 Å². The highest BCUT2D eigenvalue weighted by atomic mass is 19.2. The molecule has 0 spiro atoms. The number of aromatic nitrogens is 2. The molecule has 1 unspecified atom stereocenters. The van der Waals surface area contributed by atoms with Crippen LogP contribution in [0.4, 0.5) is 22.0 Å². The van der Waals surface area contributed by atoms with Gasteiger partial charge in [-0.25, -0.2) is 22.0 Å². The summed E-state index contributed by atoms with van der Waals surface area (Å²) in [7, 11) is 2.91. The van der Waals surface area contributed by atoms with Crippen molar-refractivity contribution in [2.45, 2.75) is 6.04 Å². The molecule has 1 aromatic heterocycles. The van der Waals surface area contributed by atoms with Gasteiger partial charge < -0.3 is 5.32 Å². The highest BCUT2D eigenvalue weighted by molar-refractivity contribution is 5.33. The van der Waals surface area contributed by atoms with Gasteiger partial charge in [-0.1, -0.05) is 0 Å². The first-order chi connectivity index (χ1) is 9.38. The van der Waals surface area contributed by atoms with Crippen LogP contribution in [0.2, 0.25) is 0 Å². The molecular weight excluding hydrogens is 281 g/mol. The Kier molecular flexibility index (Phi) is 3.76. The van der Waals surface area contributed by atoms with Crippen molar-refractivity contribution in [1.29, 1.82) is 0 Å². The predicted octanol–water partition coefficient (Wildman–Crippen LogP) is 2.42. The zero-order valence-corrected chi connectivity index (χ0v) is 10.5. The van der Waals surface area contributed by atoms with Crippen LogP contribution >= 0.6 is 0 Å². The van der Waals surface area contributed by atoms with E-state index in [1.165, 1.54) is 24.1 Å². The molecule has 0 fully saturated rings. The van der Waals surface area contributed by atoms with Crippen molar-refractivity contribution in [3.05, 3.63) is 52.6 Å². The normalized spacial score (nSPS) is 12.8. The number of halogens is 5. The van der Waals surface area contributed by atoms with Crippen molar-refractivity contribution >= 4 is 0 Å². The second-order valence-electron chi connectivity index (χ2n) is 4.15. The number of rotatable bonds is 3. The molecule has 1 atom stereocenters. The molecule has 2 rings (SSSR count). The Hall–Kier alpha value is -1.96. The third kappa shape index (κ3) is 2.15. The van der Waals surface area contributed by atoms with Gasteiger partial charge in [-0.3, -0.25) is 4.68 Å². The summed E-state index contributed by atoms with van der Waals surface area (Å²) in [6.07, 6.45) is 2.69. The Balaban J connectivity index is 2.67. The van der Waals surface area contributed by atoms with Gasteiger partial charge in [-0.15, -0.1) is 0 Å². The Bertz CT molecular complexity index is 624.